The molecular formula is C32H35F3N4O7. The fourth-order valence-electron chi connectivity index (χ4n) is 4.68. The number of rotatable bonds is 12. The number of carbonyl (C=O) groups is 4. The van der Waals surface area contributed by atoms with Crippen molar-refractivity contribution in [3.63, 3.8) is 0 Å². The van der Waals surface area contributed by atoms with Crippen LogP contribution in [0.3, 0.4) is 0 Å². The van der Waals surface area contributed by atoms with Gasteiger partial charge in [-0.2, -0.15) is 18.4 Å². The number of hydrogen-bond donors (Lipinski definition) is 2. The number of carbonyl (C=O) groups excluding carboxylic acids is 4. The highest BCUT2D eigenvalue weighted by molar-refractivity contribution is 6.07. The molecular weight excluding hydrogens is 609 g/mol. The zero-order valence-electron chi connectivity index (χ0n) is 26.1. The molecule has 1 atom stereocenters. The molecule has 2 N–H and O–H groups in total. The summed E-state index contributed by atoms with van der Waals surface area (Å²) in [5, 5.41) is 20.4. The van der Waals surface area contributed by atoms with E-state index in [1.54, 1.807) is 48.2 Å². The Hall–Kier alpha value is -4.77. The van der Waals surface area contributed by atoms with Crippen LogP contribution in [0.4, 0.5) is 13.2 Å². The van der Waals surface area contributed by atoms with Gasteiger partial charge in [0.1, 0.15) is 11.6 Å². The molecule has 0 fully saturated rings. The Kier molecular flexibility index (Phi) is 11.3. The van der Waals surface area contributed by atoms with Gasteiger partial charge in [-0.15, -0.1) is 0 Å². The highest BCUT2D eigenvalue weighted by Crippen LogP contribution is 2.31. The largest absolute Gasteiger partial charge is 0.493 e. The molecule has 0 aliphatic carbocycles. The van der Waals surface area contributed by atoms with Crippen molar-refractivity contribution in [3.8, 4) is 11.8 Å². The second kappa shape index (κ2) is 14.6. The second-order valence-electron chi connectivity index (χ2n) is 11.6. The highest BCUT2D eigenvalue weighted by atomic mass is 19.4. The SMILES string of the molecule is CCOc1cc2c(cc1C(=O)NC)C(=N)N(CC(=O)c1cc(COC(CC#N)CC(=O)OC(=O)C(F)(F)F)cc(C(C)(C)C)c1)C2. The van der Waals surface area contributed by atoms with Crippen molar-refractivity contribution in [3.05, 3.63) is 63.7 Å². The van der Waals surface area contributed by atoms with Gasteiger partial charge in [-0.25, -0.2) is 4.79 Å². The van der Waals surface area contributed by atoms with Crippen LogP contribution in [-0.2, 0) is 37.6 Å². The van der Waals surface area contributed by atoms with Gasteiger partial charge in [0.2, 0.25) is 0 Å². The lowest BCUT2D eigenvalue weighted by Gasteiger charge is -2.23. The van der Waals surface area contributed by atoms with Gasteiger partial charge < -0.3 is 24.4 Å². The number of nitrogens with zero attached hydrogens (tertiary/aromatic N) is 2. The van der Waals surface area contributed by atoms with Crippen LogP contribution in [0.5, 0.6) is 5.75 Å². The van der Waals surface area contributed by atoms with Crippen LogP contribution in [0.25, 0.3) is 0 Å². The Morgan fingerprint density at radius 3 is 2.39 bits per heavy atom. The summed E-state index contributed by atoms with van der Waals surface area (Å²) in [6.45, 7) is 7.79. The maximum absolute atomic E-state index is 13.6. The number of esters is 2. The van der Waals surface area contributed by atoms with Gasteiger partial charge in [0.15, 0.2) is 5.78 Å². The zero-order valence-corrected chi connectivity index (χ0v) is 26.1. The lowest BCUT2D eigenvalue weighted by molar-refractivity contribution is -0.202. The van der Waals surface area contributed by atoms with E-state index in [1.165, 1.54) is 7.05 Å². The average molecular weight is 645 g/mol. The summed E-state index contributed by atoms with van der Waals surface area (Å²) in [5.41, 5.74) is 2.66. The second-order valence-corrected chi connectivity index (χ2v) is 11.6. The third-order valence-electron chi connectivity index (χ3n) is 7.06. The molecule has 1 aliphatic rings. The molecule has 1 heterocycles. The van der Waals surface area contributed by atoms with E-state index in [4.69, 9.17) is 20.1 Å². The number of nitrogens with one attached hydrogen (secondary N) is 2. The average Bonchev–Trinajstić information content (AvgIpc) is 3.27. The normalized spacial score (nSPS) is 13.5. The maximum Gasteiger partial charge on any atom is 0.491 e. The minimum absolute atomic E-state index is 0.0716. The van der Waals surface area contributed by atoms with Crippen molar-refractivity contribution in [1.29, 1.82) is 10.7 Å². The summed E-state index contributed by atoms with van der Waals surface area (Å²) >= 11 is 0. The first-order chi connectivity index (χ1) is 21.5. The van der Waals surface area contributed by atoms with Crippen molar-refractivity contribution in [1.82, 2.24) is 10.2 Å². The minimum atomic E-state index is -5.35. The Morgan fingerprint density at radius 1 is 1.11 bits per heavy atom. The van der Waals surface area contributed by atoms with Gasteiger partial charge in [-0.05, 0) is 53.3 Å². The van der Waals surface area contributed by atoms with Crippen LogP contribution in [0.1, 0.15) is 83.5 Å². The molecule has 1 unspecified atom stereocenters. The Labute approximate surface area is 264 Å². The van der Waals surface area contributed by atoms with Gasteiger partial charge in [0.05, 0.1) is 50.3 Å². The van der Waals surface area contributed by atoms with Gasteiger partial charge in [0, 0.05) is 24.7 Å². The summed E-state index contributed by atoms with van der Waals surface area (Å²) in [7, 11) is 1.49. The molecule has 0 aromatic heterocycles. The molecule has 246 valence electrons. The third-order valence-corrected chi connectivity index (χ3v) is 7.06. The number of ketones is 1. The van der Waals surface area contributed by atoms with Crippen molar-refractivity contribution in [2.75, 3.05) is 20.2 Å². The maximum atomic E-state index is 13.6. The van der Waals surface area contributed by atoms with Gasteiger partial charge in [-0.3, -0.25) is 19.8 Å². The molecule has 11 nitrogen and oxygen atoms in total. The summed E-state index contributed by atoms with van der Waals surface area (Å²) in [6.07, 6.45) is -7.68. The third kappa shape index (κ3) is 8.91. The molecule has 0 spiro atoms. The van der Waals surface area contributed by atoms with Crippen LogP contribution in [-0.4, -0.2) is 66.8 Å². The molecule has 1 amide bonds. The number of halogens is 3. The zero-order chi connectivity index (χ0) is 34.4. The van der Waals surface area contributed by atoms with E-state index in [1.807, 2.05) is 20.8 Å². The number of amides is 1. The summed E-state index contributed by atoms with van der Waals surface area (Å²) in [4.78, 5) is 50.5. The summed E-state index contributed by atoms with van der Waals surface area (Å²) in [6, 6.07) is 10.1. The first-order valence-corrected chi connectivity index (χ1v) is 14.3. The molecule has 0 radical (unpaired) electrons. The molecule has 14 heteroatoms. The molecule has 0 saturated carbocycles. The predicted octanol–water partition coefficient (Wildman–Crippen LogP) is 4.59. The number of fused-ring (bicyclic) bond motifs is 1. The van der Waals surface area contributed by atoms with E-state index in [0.717, 1.165) is 11.1 Å². The molecule has 0 saturated heterocycles. The van der Waals surface area contributed by atoms with Crippen LogP contribution < -0.4 is 10.1 Å². The summed E-state index contributed by atoms with van der Waals surface area (Å²) in [5.74, 6) is -4.39. The standard InChI is InChI=1S/C32H35F3N4O7/c1-6-44-26-12-20-15-39(28(37)23(20)14-24(26)29(42)38-5)16-25(40)19-9-18(10-21(11-19)31(2,3)4)17-45-22(7-8-36)13-27(41)46-30(43)32(33,34)35/h9-12,14,22,37H,6-7,13,15-17H2,1-5H3,(H,38,42). The van der Waals surface area contributed by atoms with Gasteiger partial charge in [0.25, 0.3) is 5.91 Å². The van der Waals surface area contributed by atoms with E-state index in [-0.39, 0.29) is 49.2 Å². The van der Waals surface area contributed by atoms with E-state index < -0.39 is 36.1 Å². The molecule has 2 aromatic carbocycles. The van der Waals surface area contributed by atoms with Crippen molar-refractivity contribution in [2.24, 2.45) is 0 Å². The van der Waals surface area contributed by atoms with Crippen molar-refractivity contribution >= 4 is 29.5 Å². The molecule has 1 aliphatic heterocycles. The molecule has 0 bridgehead atoms. The van der Waals surface area contributed by atoms with Crippen LogP contribution >= 0.6 is 0 Å². The van der Waals surface area contributed by atoms with Crippen molar-refractivity contribution < 1.29 is 46.6 Å². The van der Waals surface area contributed by atoms with Crippen molar-refractivity contribution in [2.45, 2.75) is 71.4 Å². The lowest BCUT2D eigenvalue weighted by Crippen LogP contribution is -2.30. The number of nitriles is 1. The molecule has 3 rings (SSSR count). The minimum Gasteiger partial charge on any atom is -0.493 e. The number of benzene rings is 2. The van der Waals surface area contributed by atoms with Gasteiger partial charge >= 0.3 is 18.1 Å². The van der Waals surface area contributed by atoms with Crippen LogP contribution in [0, 0.1) is 16.7 Å². The first kappa shape index (κ1) is 35.7. The Bertz CT molecular complexity index is 1570. The van der Waals surface area contributed by atoms with Crippen LogP contribution in [0.15, 0.2) is 30.3 Å². The van der Waals surface area contributed by atoms with E-state index in [9.17, 15) is 32.3 Å². The fraction of sp³-hybridized carbons (Fsp3) is 0.438. The quantitative estimate of drug-likeness (QED) is 0.192. The van der Waals surface area contributed by atoms with E-state index in [2.05, 4.69) is 10.1 Å². The van der Waals surface area contributed by atoms with E-state index in [0.29, 0.717) is 29.0 Å². The van der Waals surface area contributed by atoms with Gasteiger partial charge in [-0.1, -0.05) is 26.8 Å². The number of ether oxygens (including phenoxy) is 3. The first-order valence-electron chi connectivity index (χ1n) is 14.3. The highest BCUT2D eigenvalue weighted by Gasteiger charge is 2.42. The van der Waals surface area contributed by atoms with E-state index >= 15 is 0 Å². The predicted molar refractivity (Wildman–Crippen MR) is 158 cm³/mol. The molecule has 46 heavy (non-hydrogen) atoms. The summed E-state index contributed by atoms with van der Waals surface area (Å²) < 4.78 is 52.5. The number of hydrogen-bond acceptors (Lipinski definition) is 9. The monoisotopic (exact) mass is 644 g/mol. The van der Waals surface area contributed by atoms with Crippen LogP contribution in [0.2, 0.25) is 0 Å². The lowest BCUT2D eigenvalue weighted by atomic mass is 9.84. The number of alkyl halides is 3. The topological polar surface area (TPSA) is 159 Å². The number of amidine groups is 1. The smallest absolute Gasteiger partial charge is 0.491 e. The fourth-order valence-corrected chi connectivity index (χ4v) is 4.68. The Morgan fingerprint density at radius 2 is 1.80 bits per heavy atom. The molecule has 2 aromatic rings. The Balaban J connectivity index is 1.80. The number of Topliss-reactive ketones (excluding diaryl/α,β-unsaturated/α-hetero) is 1.